The molecule has 1 aromatic carbocycles. The minimum absolute atomic E-state index is 0.0507. The summed E-state index contributed by atoms with van der Waals surface area (Å²) in [7, 11) is 0. The molecule has 9 nitrogen and oxygen atoms in total. The summed E-state index contributed by atoms with van der Waals surface area (Å²) in [5.41, 5.74) is 2.70. The zero-order valence-electron chi connectivity index (χ0n) is 23.7. The number of aryl methyl sites for hydroxylation is 1. The molecule has 0 radical (unpaired) electrons. The number of carbonyl (C=O) groups is 3. The van der Waals surface area contributed by atoms with Crippen molar-refractivity contribution in [1.29, 1.82) is 0 Å². The van der Waals surface area contributed by atoms with Crippen LogP contribution in [0.3, 0.4) is 0 Å². The number of ketones is 1. The highest BCUT2D eigenvalue weighted by atomic mass is 16.6. The number of fused-ring (bicyclic) bond motifs is 5. The van der Waals surface area contributed by atoms with E-state index in [1.54, 1.807) is 36.6 Å². The van der Waals surface area contributed by atoms with Gasteiger partial charge < -0.3 is 19.1 Å². The molecule has 0 fully saturated rings. The van der Waals surface area contributed by atoms with Crippen LogP contribution in [0.2, 0.25) is 0 Å². The number of aromatic nitrogens is 2. The molecule has 214 valence electrons. The van der Waals surface area contributed by atoms with Crippen LogP contribution in [0.4, 0.5) is 0 Å². The number of pyridine rings is 2. The number of hydrogen-bond acceptors (Lipinski definition) is 8. The number of aliphatic hydroxyl groups is 1. The van der Waals surface area contributed by atoms with Crippen molar-refractivity contribution in [3.05, 3.63) is 69.0 Å². The van der Waals surface area contributed by atoms with Gasteiger partial charge in [0.1, 0.15) is 12.4 Å². The van der Waals surface area contributed by atoms with Crippen molar-refractivity contribution in [1.82, 2.24) is 9.55 Å². The smallest absolute Gasteiger partial charge is 0.343 e. The first-order chi connectivity index (χ1) is 19.6. The van der Waals surface area contributed by atoms with Gasteiger partial charge in [-0.05, 0) is 68.0 Å². The highest BCUT2D eigenvalue weighted by Gasteiger charge is 2.45. The Kier molecular flexibility index (Phi) is 7.66. The lowest BCUT2D eigenvalue weighted by atomic mass is 9.86. The maximum Gasteiger partial charge on any atom is 0.343 e. The Hall–Kier alpha value is -4.11. The summed E-state index contributed by atoms with van der Waals surface area (Å²) >= 11 is 0. The summed E-state index contributed by atoms with van der Waals surface area (Å²) in [5, 5.41) is 11.9. The highest BCUT2D eigenvalue weighted by Crippen LogP contribution is 2.40. The van der Waals surface area contributed by atoms with Crippen LogP contribution in [0.15, 0.2) is 41.2 Å². The van der Waals surface area contributed by atoms with Crippen LogP contribution < -0.4 is 10.3 Å². The van der Waals surface area contributed by atoms with E-state index in [4.69, 9.17) is 14.5 Å². The molecule has 1 N–H and O–H groups in total. The van der Waals surface area contributed by atoms with Gasteiger partial charge in [0.05, 0.1) is 29.0 Å². The highest BCUT2D eigenvalue weighted by molar-refractivity contribution is 5.94. The van der Waals surface area contributed by atoms with Gasteiger partial charge in [-0.15, -0.1) is 0 Å². The van der Waals surface area contributed by atoms with Crippen LogP contribution in [0.25, 0.3) is 22.3 Å². The molecule has 41 heavy (non-hydrogen) atoms. The molecule has 9 heteroatoms. The maximum atomic E-state index is 13.5. The van der Waals surface area contributed by atoms with Gasteiger partial charge in [0.2, 0.25) is 0 Å². The first kappa shape index (κ1) is 28.4. The molecule has 2 aromatic heterocycles. The standard InChI is InChI=1S/C32H34N2O7/c1-5-20-21-14-19(41-28(36)11-9-7-8-10-27(35)18(3)4)12-13-25(21)33-29-22(20)16-34-26(29)15-24-23(30(34)37)17-40-31(38)32(24,39)6-2/h12-15,39H,3,5-11,16-17H2,1-2,4H3/t32-/m1/s1. The van der Waals surface area contributed by atoms with Gasteiger partial charge in [-0.2, -0.15) is 0 Å². The fraction of sp³-hybridized carbons (Fsp3) is 0.406. The number of nitrogens with zero attached hydrogens (tertiary/aromatic N) is 2. The van der Waals surface area contributed by atoms with Crippen molar-refractivity contribution >= 4 is 28.6 Å². The molecule has 5 rings (SSSR count). The first-order valence-corrected chi connectivity index (χ1v) is 14.1. The molecule has 0 spiro atoms. The van der Waals surface area contributed by atoms with Gasteiger partial charge in [-0.1, -0.05) is 26.8 Å². The molecular weight excluding hydrogens is 524 g/mol. The van der Waals surface area contributed by atoms with E-state index >= 15 is 0 Å². The van der Waals surface area contributed by atoms with E-state index in [0.717, 1.165) is 22.9 Å². The number of unbranched alkanes of at least 4 members (excludes halogenated alkanes) is 2. The zero-order valence-corrected chi connectivity index (χ0v) is 23.7. The van der Waals surface area contributed by atoms with E-state index in [9.17, 15) is 24.3 Å². The van der Waals surface area contributed by atoms with E-state index in [2.05, 4.69) is 6.58 Å². The summed E-state index contributed by atoms with van der Waals surface area (Å²) in [6.07, 6.45) is 3.52. The van der Waals surface area contributed by atoms with Gasteiger partial charge in [0.25, 0.3) is 5.56 Å². The van der Waals surface area contributed by atoms with Crippen molar-refractivity contribution in [2.45, 2.75) is 84.5 Å². The van der Waals surface area contributed by atoms with Crippen molar-refractivity contribution in [3.63, 3.8) is 0 Å². The van der Waals surface area contributed by atoms with E-state index in [0.29, 0.717) is 60.5 Å². The molecular formula is C32H34N2O7. The second-order valence-electron chi connectivity index (χ2n) is 10.8. The Morgan fingerprint density at radius 1 is 1.12 bits per heavy atom. The lowest BCUT2D eigenvalue weighted by Crippen LogP contribution is -2.44. The lowest BCUT2D eigenvalue weighted by molar-refractivity contribution is -0.172. The number of hydrogen-bond donors (Lipinski definition) is 1. The summed E-state index contributed by atoms with van der Waals surface area (Å²) in [5.74, 6) is -0.624. The number of allylic oxidation sites excluding steroid dienone is 1. The van der Waals surface area contributed by atoms with Gasteiger partial charge in [0, 0.05) is 29.4 Å². The van der Waals surface area contributed by atoms with Gasteiger partial charge >= 0.3 is 11.9 Å². The number of esters is 2. The predicted molar refractivity (Wildman–Crippen MR) is 152 cm³/mol. The molecule has 0 saturated carbocycles. The summed E-state index contributed by atoms with van der Waals surface area (Å²) in [6, 6.07) is 7.00. The molecule has 0 aliphatic carbocycles. The number of rotatable bonds is 10. The molecule has 2 aliphatic heterocycles. The molecule has 3 aromatic rings. The summed E-state index contributed by atoms with van der Waals surface area (Å²) < 4.78 is 12.4. The van der Waals surface area contributed by atoms with Crippen LogP contribution in [0.1, 0.15) is 81.5 Å². The van der Waals surface area contributed by atoms with E-state index < -0.39 is 11.6 Å². The van der Waals surface area contributed by atoms with Crippen LogP contribution in [-0.4, -0.2) is 32.4 Å². The molecule has 2 aliphatic rings. The monoisotopic (exact) mass is 558 g/mol. The summed E-state index contributed by atoms with van der Waals surface area (Å²) in [6.45, 7) is 9.18. The molecule has 0 bridgehead atoms. The molecule has 0 amide bonds. The maximum absolute atomic E-state index is 13.5. The number of carbonyl (C=O) groups excluding carboxylic acids is 3. The number of ether oxygens (including phenoxy) is 2. The van der Waals surface area contributed by atoms with Crippen molar-refractivity contribution in [2.24, 2.45) is 0 Å². The molecule has 4 heterocycles. The lowest BCUT2D eigenvalue weighted by Gasteiger charge is -2.31. The largest absolute Gasteiger partial charge is 0.458 e. The van der Waals surface area contributed by atoms with Crippen LogP contribution >= 0.6 is 0 Å². The van der Waals surface area contributed by atoms with Crippen LogP contribution in [-0.2, 0) is 44.3 Å². The van der Waals surface area contributed by atoms with Crippen molar-refractivity contribution < 1.29 is 29.0 Å². The predicted octanol–water partition coefficient (Wildman–Crippen LogP) is 4.64. The Labute approximate surface area is 237 Å². The second kappa shape index (κ2) is 11.0. The molecule has 1 atom stereocenters. The minimum atomic E-state index is -1.88. The Morgan fingerprint density at radius 3 is 2.59 bits per heavy atom. The van der Waals surface area contributed by atoms with Gasteiger partial charge in [-0.3, -0.25) is 14.4 Å². The molecule has 0 saturated heterocycles. The van der Waals surface area contributed by atoms with E-state index in [-0.39, 0.29) is 47.9 Å². The average Bonchev–Trinajstić information content (AvgIpc) is 3.32. The number of cyclic esters (lactones) is 1. The fourth-order valence-electron chi connectivity index (χ4n) is 5.74. The SMILES string of the molecule is C=C(C)C(=O)CCCCCC(=O)Oc1ccc2nc3c(c(CC)c2c1)Cn1c-3cc2c(c1=O)COC(=O)[C@@]2(O)CC. The Balaban J connectivity index is 1.41. The Morgan fingerprint density at radius 2 is 1.88 bits per heavy atom. The average molecular weight is 559 g/mol. The quantitative estimate of drug-likeness (QED) is 0.129. The minimum Gasteiger partial charge on any atom is -0.458 e. The number of Topliss-reactive ketones (excluding diaryl/α,β-unsaturated/α-hetero) is 1. The normalized spacial score (nSPS) is 17.0. The second-order valence-corrected chi connectivity index (χ2v) is 10.8. The third kappa shape index (κ3) is 4.99. The van der Waals surface area contributed by atoms with Gasteiger partial charge in [0.15, 0.2) is 11.4 Å². The van der Waals surface area contributed by atoms with Crippen LogP contribution in [0, 0.1) is 0 Å². The fourth-order valence-corrected chi connectivity index (χ4v) is 5.74. The zero-order chi connectivity index (χ0) is 29.5. The van der Waals surface area contributed by atoms with E-state index in [1.165, 1.54) is 0 Å². The topological polar surface area (TPSA) is 125 Å². The van der Waals surface area contributed by atoms with Crippen molar-refractivity contribution in [3.8, 4) is 17.1 Å². The summed E-state index contributed by atoms with van der Waals surface area (Å²) in [4.78, 5) is 55.0. The first-order valence-electron chi connectivity index (χ1n) is 14.1. The van der Waals surface area contributed by atoms with Crippen LogP contribution in [0.5, 0.6) is 5.75 Å². The van der Waals surface area contributed by atoms with E-state index in [1.807, 2.05) is 13.0 Å². The van der Waals surface area contributed by atoms with Gasteiger partial charge in [-0.25, -0.2) is 9.78 Å². The Bertz CT molecular complexity index is 1670. The third-order valence-electron chi connectivity index (χ3n) is 8.12. The molecule has 0 unspecified atom stereocenters. The number of benzene rings is 1. The van der Waals surface area contributed by atoms with Crippen molar-refractivity contribution in [2.75, 3.05) is 0 Å². The third-order valence-corrected chi connectivity index (χ3v) is 8.12.